The van der Waals surface area contributed by atoms with E-state index in [1.54, 1.807) is 31.2 Å². The van der Waals surface area contributed by atoms with E-state index in [0.717, 1.165) is 21.7 Å². The zero-order valence-electron chi connectivity index (χ0n) is 15.9. The number of sulfonamides is 1. The lowest BCUT2D eigenvalue weighted by Crippen LogP contribution is -2.48. The number of anilines is 1. The Morgan fingerprint density at radius 2 is 1.67 bits per heavy atom. The van der Waals surface area contributed by atoms with Gasteiger partial charge in [-0.15, -0.1) is 0 Å². The number of nitrogens with zero attached hydrogens (tertiary/aromatic N) is 1. The number of amides is 1. The van der Waals surface area contributed by atoms with Crippen LogP contribution in [0.4, 0.5) is 5.69 Å². The van der Waals surface area contributed by atoms with Crippen molar-refractivity contribution in [2.24, 2.45) is 0 Å². The maximum Gasteiger partial charge on any atom is 0.244 e. The molecule has 0 fully saturated rings. The van der Waals surface area contributed by atoms with Crippen LogP contribution in [0.2, 0.25) is 5.02 Å². The molecule has 5 nitrogen and oxygen atoms in total. The van der Waals surface area contributed by atoms with Gasteiger partial charge in [-0.25, -0.2) is 8.42 Å². The highest BCUT2D eigenvalue weighted by atomic mass is 35.5. The first-order chi connectivity index (χ1) is 12.6. The molecule has 0 aliphatic rings. The molecule has 0 radical (unpaired) electrons. The van der Waals surface area contributed by atoms with Gasteiger partial charge in [0, 0.05) is 5.02 Å². The molecule has 27 heavy (non-hydrogen) atoms. The van der Waals surface area contributed by atoms with E-state index < -0.39 is 16.1 Å². The summed E-state index contributed by atoms with van der Waals surface area (Å²) in [7, 11) is -3.66. The Morgan fingerprint density at radius 1 is 1.11 bits per heavy atom. The van der Waals surface area contributed by atoms with Crippen LogP contribution in [0.1, 0.15) is 37.4 Å². The molecule has 2 rings (SSSR count). The maximum atomic E-state index is 12.8. The van der Waals surface area contributed by atoms with Crippen LogP contribution in [0.3, 0.4) is 0 Å². The van der Waals surface area contributed by atoms with Crippen LogP contribution in [0.5, 0.6) is 0 Å². The minimum Gasteiger partial charge on any atom is -0.347 e. The molecule has 0 heterocycles. The molecular formula is C20H25ClN2O3S. The minimum atomic E-state index is -3.66. The van der Waals surface area contributed by atoms with Crippen LogP contribution in [0.15, 0.2) is 48.5 Å². The van der Waals surface area contributed by atoms with Gasteiger partial charge in [0.15, 0.2) is 0 Å². The van der Waals surface area contributed by atoms with Crippen LogP contribution >= 0.6 is 11.6 Å². The predicted octanol–water partition coefficient (Wildman–Crippen LogP) is 4.07. The fourth-order valence-electron chi connectivity index (χ4n) is 2.91. The van der Waals surface area contributed by atoms with Gasteiger partial charge in [-0.2, -0.15) is 0 Å². The third-order valence-corrected chi connectivity index (χ3v) is 5.87. The summed E-state index contributed by atoms with van der Waals surface area (Å²) in [6, 6.07) is 13.2. The highest BCUT2D eigenvalue weighted by Gasteiger charge is 2.30. The van der Waals surface area contributed by atoms with Gasteiger partial charge in [0.2, 0.25) is 15.9 Å². The smallest absolute Gasteiger partial charge is 0.244 e. The Morgan fingerprint density at radius 3 is 2.15 bits per heavy atom. The summed E-state index contributed by atoms with van der Waals surface area (Å²) >= 11 is 5.89. The fourth-order valence-corrected chi connectivity index (χ4v) is 4.21. The van der Waals surface area contributed by atoms with Crippen molar-refractivity contribution in [2.75, 3.05) is 10.6 Å². The van der Waals surface area contributed by atoms with Gasteiger partial charge in [-0.05, 0) is 50.1 Å². The number of aryl methyl sites for hydroxylation is 1. The Labute approximate surface area is 166 Å². The zero-order chi connectivity index (χ0) is 20.2. The van der Waals surface area contributed by atoms with Gasteiger partial charge >= 0.3 is 0 Å². The van der Waals surface area contributed by atoms with Crippen molar-refractivity contribution in [3.8, 4) is 0 Å². The van der Waals surface area contributed by atoms with Gasteiger partial charge in [0.05, 0.1) is 18.0 Å². The first-order valence-corrected chi connectivity index (χ1v) is 11.0. The fraction of sp³-hybridized carbons (Fsp3) is 0.350. The third kappa shape index (κ3) is 5.47. The van der Waals surface area contributed by atoms with Crippen molar-refractivity contribution < 1.29 is 13.2 Å². The topological polar surface area (TPSA) is 66.5 Å². The Hall–Kier alpha value is -2.05. The van der Waals surface area contributed by atoms with E-state index in [4.69, 9.17) is 11.6 Å². The van der Waals surface area contributed by atoms with E-state index in [2.05, 4.69) is 5.32 Å². The first kappa shape index (κ1) is 21.3. The summed E-state index contributed by atoms with van der Waals surface area (Å²) in [5.41, 5.74) is 2.52. The number of rotatable bonds is 7. The van der Waals surface area contributed by atoms with Crippen LogP contribution in [-0.4, -0.2) is 26.6 Å². The standard InChI is InChI=1S/C20H25ClN2O3S/c1-5-19(16-8-6-14(2)7-9-16)22-20(24)15(3)23(27(4,25)26)18-12-10-17(21)11-13-18/h6-13,15,19H,5H2,1-4H3,(H,22,24)/t15-,19-/m0/s1. The summed E-state index contributed by atoms with van der Waals surface area (Å²) in [6.07, 6.45) is 1.78. The molecule has 0 spiro atoms. The van der Waals surface area contributed by atoms with Gasteiger partial charge < -0.3 is 5.32 Å². The third-order valence-electron chi connectivity index (χ3n) is 4.37. The molecule has 0 unspecified atom stereocenters. The Balaban J connectivity index is 2.26. The molecule has 146 valence electrons. The summed E-state index contributed by atoms with van der Waals surface area (Å²) in [4.78, 5) is 12.8. The molecule has 2 aromatic carbocycles. The average molecular weight is 409 g/mol. The number of nitrogens with one attached hydrogen (secondary N) is 1. The van der Waals surface area contributed by atoms with E-state index in [1.807, 2.05) is 38.1 Å². The van der Waals surface area contributed by atoms with E-state index in [-0.39, 0.29) is 11.9 Å². The zero-order valence-corrected chi connectivity index (χ0v) is 17.5. The molecule has 0 aliphatic carbocycles. The van der Waals surface area contributed by atoms with Gasteiger partial charge in [-0.1, -0.05) is 48.4 Å². The van der Waals surface area contributed by atoms with E-state index >= 15 is 0 Å². The van der Waals surface area contributed by atoms with Crippen molar-refractivity contribution in [3.63, 3.8) is 0 Å². The summed E-state index contributed by atoms with van der Waals surface area (Å²) < 4.78 is 25.8. The van der Waals surface area contributed by atoms with Gasteiger partial charge in [0.25, 0.3) is 0 Å². The van der Waals surface area contributed by atoms with Crippen LogP contribution in [0.25, 0.3) is 0 Å². The molecule has 0 bridgehead atoms. The largest absolute Gasteiger partial charge is 0.347 e. The lowest BCUT2D eigenvalue weighted by atomic mass is 10.0. The molecule has 2 aromatic rings. The Bertz CT molecular complexity index is 880. The van der Waals surface area contributed by atoms with Crippen LogP contribution in [-0.2, 0) is 14.8 Å². The number of hydrogen-bond acceptors (Lipinski definition) is 3. The molecule has 7 heteroatoms. The Kier molecular flexibility index (Phi) is 6.89. The molecule has 0 aromatic heterocycles. The highest BCUT2D eigenvalue weighted by molar-refractivity contribution is 7.92. The van der Waals surface area contributed by atoms with Crippen molar-refractivity contribution in [1.82, 2.24) is 5.32 Å². The molecule has 1 amide bonds. The van der Waals surface area contributed by atoms with Crippen molar-refractivity contribution in [3.05, 3.63) is 64.7 Å². The number of carbonyl (C=O) groups excluding carboxylic acids is 1. The minimum absolute atomic E-state index is 0.188. The second-order valence-corrected chi connectivity index (χ2v) is 8.89. The van der Waals surface area contributed by atoms with E-state index in [0.29, 0.717) is 17.1 Å². The van der Waals surface area contributed by atoms with Crippen LogP contribution < -0.4 is 9.62 Å². The van der Waals surface area contributed by atoms with Crippen LogP contribution in [0, 0.1) is 6.92 Å². The SMILES string of the molecule is CC[C@H](NC(=O)[C@H](C)N(c1ccc(Cl)cc1)S(C)(=O)=O)c1ccc(C)cc1. The molecule has 0 saturated heterocycles. The summed E-state index contributed by atoms with van der Waals surface area (Å²) in [5.74, 6) is -0.359. The van der Waals surface area contributed by atoms with E-state index in [1.165, 1.54) is 0 Å². The first-order valence-electron chi connectivity index (χ1n) is 8.75. The molecular weight excluding hydrogens is 384 g/mol. The molecule has 2 atom stereocenters. The quantitative estimate of drug-likeness (QED) is 0.750. The van der Waals surface area contributed by atoms with Crippen molar-refractivity contribution in [2.45, 2.75) is 39.3 Å². The average Bonchev–Trinajstić information content (AvgIpc) is 2.61. The number of benzene rings is 2. The number of hydrogen-bond donors (Lipinski definition) is 1. The number of halogens is 1. The maximum absolute atomic E-state index is 12.8. The monoisotopic (exact) mass is 408 g/mol. The predicted molar refractivity (Wildman–Crippen MR) is 111 cm³/mol. The number of carbonyl (C=O) groups is 1. The van der Waals surface area contributed by atoms with Crippen molar-refractivity contribution in [1.29, 1.82) is 0 Å². The van der Waals surface area contributed by atoms with Gasteiger partial charge in [-0.3, -0.25) is 9.10 Å². The lowest BCUT2D eigenvalue weighted by molar-refractivity contribution is -0.122. The molecule has 0 aliphatic heterocycles. The lowest BCUT2D eigenvalue weighted by Gasteiger charge is -2.29. The van der Waals surface area contributed by atoms with Crippen molar-refractivity contribution >= 4 is 33.2 Å². The highest BCUT2D eigenvalue weighted by Crippen LogP contribution is 2.24. The second kappa shape index (κ2) is 8.76. The van der Waals surface area contributed by atoms with E-state index in [9.17, 15) is 13.2 Å². The van der Waals surface area contributed by atoms with Gasteiger partial charge in [0.1, 0.15) is 6.04 Å². The summed E-state index contributed by atoms with van der Waals surface area (Å²) in [6.45, 7) is 5.55. The molecule has 1 N–H and O–H groups in total. The molecule has 0 saturated carbocycles. The normalized spacial score (nSPS) is 13.7. The second-order valence-electron chi connectivity index (χ2n) is 6.59. The summed E-state index contributed by atoms with van der Waals surface area (Å²) in [5, 5.41) is 3.46.